The number of ether oxygens (including phenoxy) is 2. The second-order valence-corrected chi connectivity index (χ2v) is 12.7. The van der Waals surface area contributed by atoms with E-state index in [1.807, 2.05) is 5.32 Å². The number of benzene rings is 3. The molecule has 0 aliphatic rings. The van der Waals surface area contributed by atoms with Crippen LogP contribution in [0.5, 0.6) is 0 Å². The predicted octanol–water partition coefficient (Wildman–Crippen LogP) is 6.29. The van der Waals surface area contributed by atoms with E-state index in [-0.39, 0.29) is 18.6 Å². The summed E-state index contributed by atoms with van der Waals surface area (Å²) in [6.07, 6.45) is -21.0. The Morgan fingerprint density at radius 2 is 0.952 bits per heavy atom. The van der Waals surface area contributed by atoms with Crippen molar-refractivity contribution in [3.63, 3.8) is 0 Å². The molecule has 3 amide bonds. The number of hydrogen-bond donors (Lipinski definition) is 3. The first-order chi connectivity index (χ1) is 28.4. The van der Waals surface area contributed by atoms with Gasteiger partial charge in [0.05, 0.1) is 46.0 Å². The third-order valence-electron chi connectivity index (χ3n) is 7.82. The molecule has 24 heteroatoms. The van der Waals surface area contributed by atoms with Crippen LogP contribution < -0.4 is 16.0 Å². The molecule has 12 nitrogen and oxygen atoms in total. The first kappa shape index (κ1) is 51.7. The van der Waals surface area contributed by atoms with Gasteiger partial charge in [-0.1, -0.05) is 42.5 Å². The summed E-state index contributed by atoms with van der Waals surface area (Å²) >= 11 is 0. The van der Waals surface area contributed by atoms with E-state index in [4.69, 9.17) is 0 Å². The van der Waals surface area contributed by atoms with Gasteiger partial charge in [-0.05, 0) is 36.8 Å². The molecule has 0 saturated carbocycles. The minimum absolute atomic E-state index is 0.0661. The molecule has 3 rings (SSSR count). The van der Waals surface area contributed by atoms with Crippen LogP contribution in [0.25, 0.3) is 0 Å². The fourth-order valence-corrected chi connectivity index (χ4v) is 5.01. The van der Waals surface area contributed by atoms with E-state index < -0.39 is 131 Å². The highest BCUT2D eigenvalue weighted by molar-refractivity contribution is 5.97. The van der Waals surface area contributed by atoms with Crippen LogP contribution in [0.1, 0.15) is 69.3 Å². The van der Waals surface area contributed by atoms with Crippen LogP contribution in [-0.2, 0) is 64.6 Å². The smallest absolute Gasteiger partial charge is 0.417 e. The molecule has 3 N–H and O–H groups in total. The molecule has 3 aromatic carbocycles. The van der Waals surface area contributed by atoms with Crippen LogP contribution in [-0.4, -0.2) is 73.1 Å². The molecule has 0 aliphatic carbocycles. The van der Waals surface area contributed by atoms with E-state index >= 15 is 0 Å². The Kier molecular flexibility index (Phi) is 17.8. The lowest BCUT2D eigenvalue weighted by Gasteiger charge is -2.21. The van der Waals surface area contributed by atoms with Crippen molar-refractivity contribution in [1.82, 2.24) is 16.0 Å². The molecule has 0 aromatic heterocycles. The number of Topliss-reactive ketones (excluding diaryl/α,β-unsaturated/α-hetero) is 2. The largest absolute Gasteiger partial charge is 0.454 e. The lowest BCUT2D eigenvalue weighted by Crippen LogP contribution is -2.51. The maximum atomic E-state index is 13.3. The normalized spacial score (nSPS) is 12.7. The van der Waals surface area contributed by atoms with Gasteiger partial charge in [0.25, 0.3) is 0 Å². The topological polar surface area (TPSA) is 174 Å². The van der Waals surface area contributed by atoms with Gasteiger partial charge >= 0.3 is 36.6 Å². The van der Waals surface area contributed by atoms with Crippen molar-refractivity contribution in [3.05, 3.63) is 106 Å². The number of nitrogens with one attached hydrogen (secondary N) is 3. The number of rotatable bonds is 14. The highest BCUT2D eigenvalue weighted by Crippen LogP contribution is 2.41. The standard InChI is InChI=1S/C24H22F6N2O5.C14H11F6NO4/c1-13(31-21(35)18(32-14(2)33)11-15-7-4-3-5-8-15)19(34)12-37-22(36)20-16(23(25,26)27)9-6-10-17(20)24(28,29)30;1-7(22)21-5-8(23)6-25-12(24)11-9(13(15,16)17)3-2-4-10(11)14(18,19)20/h3-10,13,18H,11-12H2,1-2H3,(H,31,35)(H,32,33);2-4H,5-6H2,1H3,(H,21,22)/t13-,18-;/m0./s1. The van der Waals surface area contributed by atoms with Crippen molar-refractivity contribution in [1.29, 1.82) is 0 Å². The molecule has 0 fully saturated rings. The van der Waals surface area contributed by atoms with E-state index in [1.165, 1.54) is 13.8 Å². The maximum absolute atomic E-state index is 13.3. The number of halogens is 12. The van der Waals surface area contributed by atoms with Crippen molar-refractivity contribution in [2.45, 2.75) is 64.0 Å². The van der Waals surface area contributed by atoms with Gasteiger partial charge in [0.15, 0.2) is 24.8 Å². The summed E-state index contributed by atoms with van der Waals surface area (Å²) in [6.45, 7) is 0.527. The molecule has 0 spiro atoms. The summed E-state index contributed by atoms with van der Waals surface area (Å²) in [5, 5.41) is 6.75. The summed E-state index contributed by atoms with van der Waals surface area (Å²) in [5.41, 5.74) is -10.2. The van der Waals surface area contributed by atoms with Gasteiger partial charge in [-0.25, -0.2) is 9.59 Å². The third kappa shape index (κ3) is 15.8. The lowest BCUT2D eigenvalue weighted by atomic mass is 10.00. The Labute approximate surface area is 342 Å². The van der Waals surface area contributed by atoms with Crippen LogP contribution in [0, 0.1) is 0 Å². The van der Waals surface area contributed by atoms with Gasteiger partial charge in [0.2, 0.25) is 17.7 Å². The van der Waals surface area contributed by atoms with Gasteiger partial charge in [-0.2, -0.15) is 52.7 Å². The minimum Gasteiger partial charge on any atom is -0.454 e. The van der Waals surface area contributed by atoms with E-state index in [9.17, 15) is 86.2 Å². The van der Waals surface area contributed by atoms with Gasteiger partial charge in [-0.15, -0.1) is 0 Å². The second-order valence-electron chi connectivity index (χ2n) is 12.7. The summed E-state index contributed by atoms with van der Waals surface area (Å²) in [5.74, 6) is -7.80. The van der Waals surface area contributed by atoms with Crippen LogP contribution in [0.4, 0.5) is 52.7 Å². The van der Waals surface area contributed by atoms with Crippen molar-refractivity contribution in [3.8, 4) is 0 Å². The zero-order valence-electron chi connectivity index (χ0n) is 32.0. The van der Waals surface area contributed by atoms with Gasteiger partial charge in [0.1, 0.15) is 6.04 Å². The molecular formula is C38H33F12N3O9. The summed E-state index contributed by atoms with van der Waals surface area (Å²) in [4.78, 5) is 82.4. The van der Waals surface area contributed by atoms with E-state index in [1.54, 1.807) is 30.3 Å². The van der Waals surface area contributed by atoms with Crippen LogP contribution in [0.3, 0.4) is 0 Å². The predicted molar refractivity (Wildman–Crippen MR) is 188 cm³/mol. The second kappa shape index (κ2) is 21.3. The first-order valence-electron chi connectivity index (χ1n) is 17.2. The molecule has 3 aromatic rings. The molecule has 338 valence electrons. The Morgan fingerprint density at radius 3 is 1.32 bits per heavy atom. The summed E-state index contributed by atoms with van der Waals surface area (Å²) in [6, 6.07) is 8.26. The molecule has 0 bridgehead atoms. The Hall–Kier alpha value is -6.49. The zero-order chi connectivity index (χ0) is 47.4. The Balaban J connectivity index is 0.000000461. The minimum atomic E-state index is -5.31. The van der Waals surface area contributed by atoms with Crippen molar-refractivity contribution in [2.24, 2.45) is 0 Å². The highest BCUT2D eigenvalue weighted by Gasteiger charge is 2.45. The molecular weight excluding hydrogens is 870 g/mol. The molecule has 0 saturated heterocycles. The number of carbonyl (C=O) groups is 7. The molecule has 62 heavy (non-hydrogen) atoms. The van der Waals surface area contributed by atoms with Gasteiger partial charge in [-0.3, -0.25) is 24.0 Å². The number of carbonyl (C=O) groups excluding carboxylic acids is 7. The van der Waals surface area contributed by atoms with Gasteiger partial charge < -0.3 is 25.4 Å². The zero-order valence-corrected chi connectivity index (χ0v) is 32.0. The summed E-state index contributed by atoms with van der Waals surface area (Å²) < 4.78 is 166. The number of ketones is 2. The van der Waals surface area contributed by atoms with E-state index in [0.29, 0.717) is 29.8 Å². The van der Waals surface area contributed by atoms with Crippen molar-refractivity contribution < 1.29 is 95.7 Å². The number of hydrogen-bond acceptors (Lipinski definition) is 9. The van der Waals surface area contributed by atoms with Crippen LogP contribution in [0.2, 0.25) is 0 Å². The van der Waals surface area contributed by atoms with Crippen molar-refractivity contribution >= 4 is 41.2 Å². The number of amides is 3. The fourth-order valence-electron chi connectivity index (χ4n) is 5.01. The highest BCUT2D eigenvalue weighted by atomic mass is 19.4. The average molecular weight is 904 g/mol. The van der Waals surface area contributed by atoms with Gasteiger partial charge in [0, 0.05) is 20.3 Å². The SMILES string of the molecule is CC(=O)NCC(=O)COC(=O)c1c(C(F)(F)F)cccc1C(F)(F)F.CC(=O)N[C@@H](Cc1ccccc1)C(=O)N[C@@H](C)C(=O)COC(=O)c1c(C(F)(F)F)cccc1C(F)(F)F. The molecule has 0 heterocycles. The quantitative estimate of drug-likeness (QED) is 0.124. The molecule has 0 radical (unpaired) electrons. The maximum Gasteiger partial charge on any atom is 0.417 e. The van der Waals surface area contributed by atoms with Crippen LogP contribution in [0.15, 0.2) is 66.7 Å². The molecule has 0 aliphatic heterocycles. The lowest BCUT2D eigenvalue weighted by molar-refractivity contribution is -0.145. The summed E-state index contributed by atoms with van der Waals surface area (Å²) in [7, 11) is 0. The Morgan fingerprint density at radius 1 is 0.548 bits per heavy atom. The van der Waals surface area contributed by atoms with Crippen LogP contribution >= 0.6 is 0 Å². The fraction of sp³-hybridized carbons (Fsp3) is 0.342. The number of esters is 2. The Bertz CT molecular complexity index is 2050. The monoisotopic (exact) mass is 903 g/mol. The van der Waals surface area contributed by atoms with Crippen molar-refractivity contribution in [2.75, 3.05) is 19.8 Å². The average Bonchev–Trinajstić information content (AvgIpc) is 3.16. The first-order valence-corrected chi connectivity index (χ1v) is 17.2. The molecule has 2 atom stereocenters. The number of alkyl halides is 12. The van der Waals surface area contributed by atoms with E-state index in [2.05, 4.69) is 20.1 Å². The third-order valence-corrected chi connectivity index (χ3v) is 7.82. The van der Waals surface area contributed by atoms with E-state index in [0.717, 1.165) is 6.92 Å². The molecule has 0 unspecified atom stereocenters.